The molecule has 0 radical (unpaired) electrons. The predicted octanol–water partition coefficient (Wildman–Crippen LogP) is 1.46. The summed E-state index contributed by atoms with van der Waals surface area (Å²) in [6.07, 6.45) is 5.05. The van der Waals surface area contributed by atoms with E-state index < -0.39 is 0 Å². The molecule has 10 heavy (non-hydrogen) atoms. The first-order valence-corrected chi connectivity index (χ1v) is 2.94. The molecule has 48 valence electrons. The first kappa shape index (κ1) is 5.29. The quantitative estimate of drug-likeness (QED) is 0.510. The van der Waals surface area contributed by atoms with Gasteiger partial charge in [-0.05, 0) is 6.07 Å². The number of rotatable bonds is 0. The maximum absolute atomic E-state index is 4.89. The van der Waals surface area contributed by atoms with Crippen molar-refractivity contribution in [2.45, 2.75) is 0 Å². The molecule has 0 aromatic carbocycles. The SMILES string of the molecule is c1cc2cn[o+]c-2ccn1. The van der Waals surface area contributed by atoms with Crippen molar-refractivity contribution >= 4 is 0 Å². The van der Waals surface area contributed by atoms with Crippen LogP contribution in [0.3, 0.4) is 0 Å². The van der Waals surface area contributed by atoms with E-state index >= 15 is 0 Å². The van der Waals surface area contributed by atoms with Gasteiger partial charge in [0.1, 0.15) is 11.8 Å². The predicted molar refractivity (Wildman–Crippen MR) is 35.3 cm³/mol. The summed E-state index contributed by atoms with van der Waals surface area (Å²) >= 11 is 0. The normalized spacial score (nSPS) is 10.0. The summed E-state index contributed by atoms with van der Waals surface area (Å²) in [6.45, 7) is 0. The Hall–Kier alpha value is -1.51. The zero-order valence-corrected chi connectivity index (χ0v) is 5.19. The Morgan fingerprint density at radius 2 is 2.10 bits per heavy atom. The molecule has 0 aromatic heterocycles. The summed E-state index contributed by atoms with van der Waals surface area (Å²) < 4.78 is 4.89. The number of fused-ring (bicyclic) bond motifs is 1. The van der Waals surface area contributed by atoms with Crippen molar-refractivity contribution in [2.24, 2.45) is 0 Å². The highest BCUT2D eigenvalue weighted by Crippen LogP contribution is 2.16. The maximum Gasteiger partial charge on any atom is 0.410 e. The lowest BCUT2D eigenvalue weighted by Crippen LogP contribution is -1.59. The summed E-state index contributed by atoms with van der Waals surface area (Å²) in [6, 6.07) is 3.63. The summed E-state index contributed by atoms with van der Waals surface area (Å²) in [7, 11) is 0. The zero-order valence-electron chi connectivity index (χ0n) is 5.19. The van der Waals surface area contributed by atoms with Crippen LogP contribution in [0, 0.1) is 0 Å². The first-order chi connectivity index (χ1) is 4.97. The van der Waals surface area contributed by atoms with Crippen LogP contribution < -0.4 is 0 Å². The highest BCUT2D eigenvalue weighted by Gasteiger charge is 2.14. The fraction of sp³-hybridized carbons (Fsp3) is 0. The van der Waals surface area contributed by atoms with Crippen molar-refractivity contribution in [1.29, 1.82) is 0 Å². The van der Waals surface area contributed by atoms with Crippen LogP contribution in [0.5, 0.6) is 0 Å². The zero-order chi connectivity index (χ0) is 6.81. The van der Waals surface area contributed by atoms with E-state index in [9.17, 15) is 0 Å². The minimum absolute atomic E-state index is 0.762. The molecule has 2 heterocycles. The smallest absolute Gasteiger partial charge is 0.264 e. The van der Waals surface area contributed by atoms with Gasteiger partial charge in [-0.15, -0.1) is 0 Å². The number of aromatic nitrogens is 2. The molecule has 0 fully saturated rings. The second kappa shape index (κ2) is 2.02. The highest BCUT2D eigenvalue weighted by atomic mass is 16.5. The summed E-state index contributed by atoms with van der Waals surface area (Å²) in [5.74, 6) is 0.762. The molecule has 0 aliphatic carbocycles. The van der Waals surface area contributed by atoms with E-state index in [2.05, 4.69) is 10.1 Å². The van der Waals surface area contributed by atoms with Gasteiger partial charge in [0.05, 0.1) is 6.07 Å². The van der Waals surface area contributed by atoms with Gasteiger partial charge < -0.3 is 0 Å². The average molecular weight is 133 g/mol. The molecule has 3 heteroatoms. The second-order valence-electron chi connectivity index (χ2n) is 1.93. The van der Waals surface area contributed by atoms with Crippen molar-refractivity contribution in [3.63, 3.8) is 0 Å². The van der Waals surface area contributed by atoms with Crippen LogP contribution in [-0.2, 0) is 0 Å². The molecule has 0 unspecified atom stereocenters. The number of hydrogen-bond donors (Lipinski definition) is 0. The third kappa shape index (κ3) is 0.719. The van der Waals surface area contributed by atoms with Gasteiger partial charge in [0.25, 0.3) is 0 Å². The molecule has 0 amide bonds. The fourth-order valence-corrected chi connectivity index (χ4v) is 0.792. The summed E-state index contributed by atoms with van der Waals surface area (Å²) in [5.41, 5.74) is 0.970. The monoisotopic (exact) mass is 133 g/mol. The Labute approximate surface area is 57.7 Å². The molecule has 0 bridgehead atoms. The Kier molecular flexibility index (Phi) is 1.07. The van der Waals surface area contributed by atoms with E-state index in [1.165, 1.54) is 0 Å². The van der Waals surface area contributed by atoms with Crippen LogP contribution in [0.1, 0.15) is 0 Å². The van der Waals surface area contributed by atoms with Crippen LogP contribution in [-0.4, -0.2) is 10.1 Å². The van der Waals surface area contributed by atoms with Gasteiger partial charge in [0, 0.05) is 12.4 Å². The van der Waals surface area contributed by atoms with Crippen LogP contribution in [0.15, 0.2) is 35.2 Å². The molecule has 2 aliphatic rings. The van der Waals surface area contributed by atoms with Gasteiger partial charge in [0.2, 0.25) is 0 Å². The minimum Gasteiger partial charge on any atom is -0.264 e. The van der Waals surface area contributed by atoms with Crippen LogP contribution >= 0.6 is 0 Å². The lowest BCUT2D eigenvalue weighted by atomic mass is 10.3. The molecular weight excluding hydrogens is 128 g/mol. The third-order valence-electron chi connectivity index (χ3n) is 1.28. The van der Waals surface area contributed by atoms with Gasteiger partial charge in [-0.25, -0.2) is 0 Å². The Morgan fingerprint density at radius 1 is 1.20 bits per heavy atom. The second-order valence-corrected chi connectivity index (χ2v) is 1.93. The van der Waals surface area contributed by atoms with Gasteiger partial charge >= 0.3 is 5.76 Å². The number of nitrogens with zero attached hydrogens (tertiary/aromatic N) is 2. The van der Waals surface area contributed by atoms with Crippen LogP contribution in [0.25, 0.3) is 11.3 Å². The van der Waals surface area contributed by atoms with E-state index in [0.717, 1.165) is 11.3 Å². The molecule has 0 spiro atoms. The van der Waals surface area contributed by atoms with Gasteiger partial charge in [-0.3, -0.25) is 4.98 Å². The summed E-state index contributed by atoms with van der Waals surface area (Å²) in [5, 5.41) is 3.63. The molecule has 3 nitrogen and oxygen atoms in total. The Morgan fingerprint density at radius 3 is 3.10 bits per heavy atom. The third-order valence-corrected chi connectivity index (χ3v) is 1.28. The standard InChI is InChI=1S/C7H5N2O/c1-3-8-4-2-7-6(1)5-9-10-7/h1-5H/q+1. The summed E-state index contributed by atoms with van der Waals surface area (Å²) in [4.78, 5) is 3.91. The van der Waals surface area contributed by atoms with E-state index in [1.54, 1.807) is 24.7 Å². The highest BCUT2D eigenvalue weighted by molar-refractivity contribution is 5.54. The molecular formula is C7H5N2O+. The molecule has 0 aromatic rings. The average Bonchev–Trinajstić information content (AvgIpc) is 2.28. The van der Waals surface area contributed by atoms with Gasteiger partial charge in [-0.2, -0.15) is 0 Å². The van der Waals surface area contributed by atoms with Crippen molar-refractivity contribution in [2.75, 3.05) is 0 Å². The Bertz CT molecular complexity index is 283. The molecule has 0 saturated heterocycles. The fourth-order valence-electron chi connectivity index (χ4n) is 0.792. The van der Waals surface area contributed by atoms with Crippen LogP contribution in [0.4, 0.5) is 0 Å². The lowest BCUT2D eigenvalue weighted by Gasteiger charge is -1.66. The topological polar surface area (TPSA) is 37.1 Å². The first-order valence-electron chi connectivity index (χ1n) is 2.94. The maximum atomic E-state index is 4.89. The largest absolute Gasteiger partial charge is 0.410 e. The van der Waals surface area contributed by atoms with E-state index in [4.69, 9.17) is 4.52 Å². The van der Waals surface area contributed by atoms with E-state index in [1.807, 2.05) is 6.07 Å². The van der Waals surface area contributed by atoms with Gasteiger partial charge in [0.15, 0.2) is 5.16 Å². The van der Waals surface area contributed by atoms with Crippen molar-refractivity contribution in [3.8, 4) is 11.3 Å². The molecule has 2 rings (SSSR count). The van der Waals surface area contributed by atoms with E-state index in [0.29, 0.717) is 0 Å². The van der Waals surface area contributed by atoms with Crippen molar-refractivity contribution in [1.82, 2.24) is 10.1 Å². The van der Waals surface area contributed by atoms with Crippen LogP contribution in [0.2, 0.25) is 0 Å². The van der Waals surface area contributed by atoms with Crippen molar-refractivity contribution < 1.29 is 4.52 Å². The minimum atomic E-state index is 0.762. The van der Waals surface area contributed by atoms with Gasteiger partial charge in [-0.1, -0.05) is 4.52 Å². The lowest BCUT2D eigenvalue weighted by molar-refractivity contribution is 0.434. The molecule has 0 saturated carbocycles. The molecule has 0 N–H and O–H groups in total. The number of hydrogen-bond acceptors (Lipinski definition) is 2. The van der Waals surface area contributed by atoms with Crippen molar-refractivity contribution in [3.05, 3.63) is 30.7 Å². The molecule has 2 aliphatic heterocycles. The molecule has 0 atom stereocenters. The van der Waals surface area contributed by atoms with E-state index in [-0.39, 0.29) is 0 Å². The Balaban J connectivity index is 2.74.